The monoisotopic (exact) mass is 327 g/mol. The van der Waals surface area contributed by atoms with Gasteiger partial charge in [-0.3, -0.25) is 0 Å². The second kappa shape index (κ2) is 7.66. The predicted octanol–water partition coefficient (Wildman–Crippen LogP) is 3.29. The van der Waals surface area contributed by atoms with Crippen molar-refractivity contribution in [1.82, 2.24) is 10.3 Å². The Morgan fingerprint density at radius 2 is 1.61 bits per heavy atom. The molecule has 1 fully saturated rings. The Balaban J connectivity index is 2.50. The van der Waals surface area contributed by atoms with E-state index < -0.39 is 17.3 Å². The van der Waals surface area contributed by atoms with Gasteiger partial charge in [-0.1, -0.05) is 0 Å². The summed E-state index contributed by atoms with van der Waals surface area (Å²) in [7, 11) is 0. The van der Waals surface area contributed by atoms with Gasteiger partial charge < -0.3 is 14.4 Å². The molecule has 1 saturated heterocycles. The van der Waals surface area contributed by atoms with Crippen LogP contribution in [0.1, 0.15) is 60.8 Å². The maximum Gasteiger partial charge on any atom is 0.428 e. The van der Waals surface area contributed by atoms with Gasteiger partial charge in [-0.25, -0.2) is 15.0 Å². The summed E-state index contributed by atoms with van der Waals surface area (Å²) in [6, 6.07) is 0. The predicted molar refractivity (Wildman–Crippen MR) is 88.5 cm³/mol. The molecule has 0 aliphatic carbocycles. The third kappa shape index (κ3) is 8.42. The maximum absolute atomic E-state index is 12.1. The summed E-state index contributed by atoms with van der Waals surface area (Å²) < 4.78 is 10.5. The summed E-state index contributed by atoms with van der Waals surface area (Å²) in [6.45, 7) is 12.1. The van der Waals surface area contributed by atoms with Crippen molar-refractivity contribution in [2.24, 2.45) is 5.10 Å². The molecular formula is C16H29N3O4. The lowest BCUT2D eigenvalue weighted by atomic mass is 10.2. The van der Waals surface area contributed by atoms with Crippen LogP contribution in [0.5, 0.6) is 0 Å². The summed E-state index contributed by atoms with van der Waals surface area (Å²) in [5.41, 5.74) is 2.20. The minimum Gasteiger partial charge on any atom is -0.444 e. The minimum atomic E-state index is -0.571. The van der Waals surface area contributed by atoms with Crippen LogP contribution in [0.4, 0.5) is 9.59 Å². The Morgan fingerprint density at radius 1 is 1.00 bits per heavy atom. The molecule has 2 amide bonds. The van der Waals surface area contributed by atoms with Crippen LogP contribution < -0.4 is 5.43 Å². The van der Waals surface area contributed by atoms with Crippen LogP contribution >= 0.6 is 0 Å². The summed E-state index contributed by atoms with van der Waals surface area (Å²) in [5, 5.41) is 4.11. The van der Waals surface area contributed by atoms with Gasteiger partial charge in [0.2, 0.25) is 0 Å². The van der Waals surface area contributed by atoms with Crippen molar-refractivity contribution in [3.05, 3.63) is 0 Å². The van der Waals surface area contributed by atoms with Gasteiger partial charge in [0.15, 0.2) is 0 Å². The fourth-order valence-corrected chi connectivity index (χ4v) is 2.02. The largest absolute Gasteiger partial charge is 0.444 e. The van der Waals surface area contributed by atoms with E-state index in [1.54, 1.807) is 25.7 Å². The summed E-state index contributed by atoms with van der Waals surface area (Å²) in [4.78, 5) is 25.3. The molecule has 7 nitrogen and oxygen atoms in total. The number of nitrogens with one attached hydrogen (secondary N) is 1. The zero-order chi connectivity index (χ0) is 17.7. The van der Waals surface area contributed by atoms with Gasteiger partial charge in [-0.15, -0.1) is 0 Å². The quantitative estimate of drug-likeness (QED) is 0.749. The second-order valence-corrected chi connectivity index (χ2v) is 7.61. The van der Waals surface area contributed by atoms with Crippen LogP contribution in [-0.4, -0.2) is 47.1 Å². The molecule has 0 saturated carbocycles. The highest BCUT2D eigenvalue weighted by molar-refractivity contribution is 5.86. The highest BCUT2D eigenvalue weighted by Gasteiger charge is 2.24. The Bertz CT molecular complexity index is 461. The van der Waals surface area contributed by atoms with Gasteiger partial charge in [0.1, 0.15) is 11.2 Å². The third-order valence-corrected chi connectivity index (χ3v) is 2.92. The van der Waals surface area contributed by atoms with Crippen molar-refractivity contribution in [1.29, 1.82) is 0 Å². The molecule has 0 spiro atoms. The lowest BCUT2D eigenvalue weighted by Crippen LogP contribution is -2.37. The van der Waals surface area contributed by atoms with E-state index >= 15 is 0 Å². The van der Waals surface area contributed by atoms with E-state index in [2.05, 4.69) is 10.5 Å². The van der Waals surface area contributed by atoms with E-state index in [1.807, 2.05) is 20.8 Å². The van der Waals surface area contributed by atoms with Crippen molar-refractivity contribution in [2.75, 3.05) is 13.1 Å². The zero-order valence-corrected chi connectivity index (χ0v) is 15.1. The van der Waals surface area contributed by atoms with Crippen molar-refractivity contribution >= 4 is 17.9 Å². The third-order valence-electron chi connectivity index (χ3n) is 2.92. The molecule has 0 radical (unpaired) electrons. The molecule has 0 unspecified atom stereocenters. The SMILES string of the molecule is CC(C)(C)OC(=O)N/N=C1/CCCN(C(=O)OC(C)(C)C)CC1. The molecule has 1 N–H and O–H groups in total. The van der Waals surface area contributed by atoms with Gasteiger partial charge in [0, 0.05) is 25.2 Å². The number of hydrazone groups is 1. The van der Waals surface area contributed by atoms with Crippen LogP contribution in [0.25, 0.3) is 0 Å². The number of carbonyl (C=O) groups is 2. The first-order valence-electron chi connectivity index (χ1n) is 7.99. The Kier molecular flexibility index (Phi) is 6.41. The number of nitrogens with zero attached hydrogens (tertiary/aromatic N) is 2. The number of ether oxygens (including phenoxy) is 2. The number of carbonyl (C=O) groups excluding carboxylic acids is 2. The molecular weight excluding hydrogens is 298 g/mol. The fraction of sp³-hybridized carbons (Fsp3) is 0.812. The molecule has 0 bridgehead atoms. The fourth-order valence-electron chi connectivity index (χ4n) is 2.02. The molecule has 23 heavy (non-hydrogen) atoms. The standard InChI is InChI=1S/C16H29N3O4/c1-15(2,3)22-13(20)18-17-12-8-7-10-19(11-9-12)14(21)23-16(4,5)6/h7-11H2,1-6H3,(H,18,20)/b17-12-. The lowest BCUT2D eigenvalue weighted by Gasteiger charge is -2.26. The molecule has 0 aromatic carbocycles. The van der Waals surface area contributed by atoms with Crippen molar-refractivity contribution in [3.8, 4) is 0 Å². The van der Waals surface area contributed by atoms with E-state index in [1.165, 1.54) is 0 Å². The first-order chi connectivity index (χ1) is 10.5. The van der Waals surface area contributed by atoms with Crippen LogP contribution in [0, 0.1) is 0 Å². The van der Waals surface area contributed by atoms with Crippen molar-refractivity contribution in [3.63, 3.8) is 0 Å². The molecule has 0 atom stereocenters. The topological polar surface area (TPSA) is 80.2 Å². The van der Waals surface area contributed by atoms with Gasteiger partial charge >= 0.3 is 12.2 Å². The van der Waals surface area contributed by atoms with E-state index in [-0.39, 0.29) is 6.09 Å². The van der Waals surface area contributed by atoms with Gasteiger partial charge in [-0.05, 0) is 54.4 Å². The van der Waals surface area contributed by atoms with Gasteiger partial charge in [-0.2, -0.15) is 5.10 Å². The van der Waals surface area contributed by atoms with Crippen LogP contribution in [0.2, 0.25) is 0 Å². The molecule has 1 heterocycles. The van der Waals surface area contributed by atoms with E-state index in [0.717, 1.165) is 18.6 Å². The summed E-state index contributed by atoms with van der Waals surface area (Å²) in [5.74, 6) is 0. The lowest BCUT2D eigenvalue weighted by molar-refractivity contribution is 0.0258. The number of hydrogen-bond donors (Lipinski definition) is 1. The highest BCUT2D eigenvalue weighted by atomic mass is 16.6. The summed E-state index contributed by atoms with van der Waals surface area (Å²) >= 11 is 0. The van der Waals surface area contributed by atoms with Crippen molar-refractivity contribution in [2.45, 2.75) is 72.0 Å². The Labute approximate surface area is 138 Å². The first-order valence-corrected chi connectivity index (χ1v) is 7.99. The number of likely N-dealkylation sites (tertiary alicyclic amines) is 1. The summed E-state index contributed by atoms with van der Waals surface area (Å²) in [6.07, 6.45) is 1.25. The van der Waals surface area contributed by atoms with Gasteiger partial charge in [0.25, 0.3) is 0 Å². The van der Waals surface area contributed by atoms with Crippen LogP contribution in [0.15, 0.2) is 5.10 Å². The zero-order valence-electron chi connectivity index (χ0n) is 15.1. The number of rotatable bonds is 1. The smallest absolute Gasteiger partial charge is 0.428 e. The molecule has 1 rings (SSSR count). The highest BCUT2D eigenvalue weighted by Crippen LogP contribution is 2.14. The van der Waals surface area contributed by atoms with Crippen LogP contribution in [0.3, 0.4) is 0 Å². The molecule has 1 aliphatic heterocycles. The second-order valence-electron chi connectivity index (χ2n) is 7.61. The normalized spacial score (nSPS) is 18.3. The maximum atomic E-state index is 12.1. The van der Waals surface area contributed by atoms with E-state index in [4.69, 9.17) is 9.47 Å². The molecule has 0 aromatic rings. The molecule has 0 aromatic heterocycles. The molecule has 1 aliphatic rings. The first kappa shape index (κ1) is 19.3. The average molecular weight is 327 g/mol. The average Bonchev–Trinajstić information content (AvgIpc) is 2.57. The van der Waals surface area contributed by atoms with E-state index in [9.17, 15) is 9.59 Å². The Morgan fingerprint density at radius 3 is 2.17 bits per heavy atom. The number of hydrogen-bond acceptors (Lipinski definition) is 5. The Hall–Kier alpha value is -1.79. The molecule has 7 heteroatoms. The molecule has 132 valence electrons. The van der Waals surface area contributed by atoms with Crippen molar-refractivity contribution < 1.29 is 19.1 Å². The minimum absolute atomic E-state index is 0.307. The van der Waals surface area contributed by atoms with Crippen LogP contribution in [-0.2, 0) is 9.47 Å². The van der Waals surface area contributed by atoms with Gasteiger partial charge in [0.05, 0.1) is 0 Å². The van der Waals surface area contributed by atoms with E-state index in [0.29, 0.717) is 19.5 Å². The number of amides is 2.